The molecule has 1 unspecified atom stereocenters. The van der Waals surface area contributed by atoms with Gasteiger partial charge in [-0.05, 0) is 19.3 Å². The molecule has 0 radical (unpaired) electrons. The molecule has 2 heteroatoms. The third-order valence-electron chi connectivity index (χ3n) is 3.15. The predicted octanol–water partition coefficient (Wildman–Crippen LogP) is 2.48. The van der Waals surface area contributed by atoms with Gasteiger partial charge in [-0.25, -0.2) is 0 Å². The molecule has 0 heterocycles. The van der Waals surface area contributed by atoms with Crippen molar-refractivity contribution in [3.05, 3.63) is 0 Å². The standard InChI is InChI=1S/C13H21NO/c1-3-12(4-2)14-13(15)11-9-7-5-6-8-10-11/h1,11-12H,4-10H2,2H3,(H,14,15). The second-order valence-corrected chi connectivity index (χ2v) is 4.32. The molecule has 0 aromatic rings. The first-order valence-electron chi connectivity index (χ1n) is 6.04. The van der Waals surface area contributed by atoms with Gasteiger partial charge in [-0.15, -0.1) is 6.42 Å². The Balaban J connectivity index is 2.41. The highest BCUT2D eigenvalue weighted by atomic mass is 16.1. The molecule has 0 aromatic heterocycles. The average Bonchev–Trinajstić information content (AvgIpc) is 2.54. The Morgan fingerprint density at radius 3 is 2.47 bits per heavy atom. The first-order chi connectivity index (χ1) is 7.27. The Labute approximate surface area is 92.8 Å². The lowest BCUT2D eigenvalue weighted by atomic mass is 9.99. The molecule has 0 saturated heterocycles. The van der Waals surface area contributed by atoms with Crippen molar-refractivity contribution in [2.45, 2.75) is 57.9 Å². The molecule has 1 rings (SSSR count). The van der Waals surface area contributed by atoms with E-state index < -0.39 is 0 Å². The van der Waals surface area contributed by atoms with E-state index in [0.717, 1.165) is 19.3 Å². The van der Waals surface area contributed by atoms with Crippen LogP contribution in [0.4, 0.5) is 0 Å². The van der Waals surface area contributed by atoms with Crippen LogP contribution in [-0.2, 0) is 4.79 Å². The summed E-state index contributed by atoms with van der Waals surface area (Å²) < 4.78 is 0. The molecule has 0 bridgehead atoms. The molecule has 1 aliphatic carbocycles. The zero-order valence-corrected chi connectivity index (χ0v) is 9.59. The highest BCUT2D eigenvalue weighted by Crippen LogP contribution is 2.22. The number of nitrogens with one attached hydrogen (secondary N) is 1. The van der Waals surface area contributed by atoms with Crippen LogP contribution in [-0.4, -0.2) is 11.9 Å². The van der Waals surface area contributed by atoms with Crippen LogP contribution >= 0.6 is 0 Å². The second kappa shape index (κ2) is 6.50. The fraction of sp³-hybridized carbons (Fsp3) is 0.769. The Hall–Kier alpha value is -0.970. The fourth-order valence-corrected chi connectivity index (χ4v) is 2.09. The van der Waals surface area contributed by atoms with Crippen molar-refractivity contribution in [2.75, 3.05) is 0 Å². The number of hydrogen-bond acceptors (Lipinski definition) is 1. The van der Waals surface area contributed by atoms with Crippen LogP contribution < -0.4 is 5.32 Å². The van der Waals surface area contributed by atoms with Crippen molar-refractivity contribution in [3.8, 4) is 12.3 Å². The normalized spacial score (nSPS) is 20.0. The molecule has 1 aliphatic rings. The highest BCUT2D eigenvalue weighted by Gasteiger charge is 2.21. The van der Waals surface area contributed by atoms with Crippen LogP contribution in [0.1, 0.15) is 51.9 Å². The first kappa shape index (κ1) is 12.1. The zero-order valence-electron chi connectivity index (χ0n) is 9.59. The van der Waals surface area contributed by atoms with E-state index >= 15 is 0 Å². The maximum absolute atomic E-state index is 11.9. The minimum atomic E-state index is -0.0826. The van der Waals surface area contributed by atoms with Gasteiger partial charge in [0.15, 0.2) is 0 Å². The van der Waals surface area contributed by atoms with E-state index in [4.69, 9.17) is 6.42 Å². The molecule has 1 saturated carbocycles. The van der Waals surface area contributed by atoms with Crippen molar-refractivity contribution in [1.82, 2.24) is 5.32 Å². The van der Waals surface area contributed by atoms with Gasteiger partial charge in [0.1, 0.15) is 0 Å². The molecule has 1 atom stereocenters. The molecule has 2 nitrogen and oxygen atoms in total. The molecule has 0 aromatic carbocycles. The van der Waals surface area contributed by atoms with Crippen molar-refractivity contribution in [1.29, 1.82) is 0 Å². The summed E-state index contributed by atoms with van der Waals surface area (Å²) in [5.74, 6) is 2.98. The number of terminal acetylenes is 1. The van der Waals surface area contributed by atoms with Crippen molar-refractivity contribution in [2.24, 2.45) is 5.92 Å². The van der Waals surface area contributed by atoms with Gasteiger partial charge in [0.2, 0.25) is 5.91 Å². The number of hydrogen-bond donors (Lipinski definition) is 1. The third-order valence-corrected chi connectivity index (χ3v) is 3.15. The first-order valence-corrected chi connectivity index (χ1v) is 6.04. The molecule has 0 aliphatic heterocycles. The lowest BCUT2D eigenvalue weighted by Gasteiger charge is -2.17. The molecule has 0 spiro atoms. The summed E-state index contributed by atoms with van der Waals surface area (Å²) >= 11 is 0. The number of amides is 1. The van der Waals surface area contributed by atoms with Crippen molar-refractivity contribution < 1.29 is 4.79 Å². The molecular formula is C13H21NO. The van der Waals surface area contributed by atoms with Gasteiger partial charge in [-0.1, -0.05) is 38.5 Å². The molecule has 84 valence electrons. The van der Waals surface area contributed by atoms with E-state index in [-0.39, 0.29) is 17.9 Å². The van der Waals surface area contributed by atoms with Gasteiger partial charge in [0.25, 0.3) is 0 Å². The molecule has 15 heavy (non-hydrogen) atoms. The molecule has 1 N–H and O–H groups in total. The lowest BCUT2D eigenvalue weighted by Crippen LogP contribution is -2.37. The minimum absolute atomic E-state index is 0.0826. The maximum Gasteiger partial charge on any atom is 0.224 e. The average molecular weight is 207 g/mol. The minimum Gasteiger partial charge on any atom is -0.342 e. The van der Waals surface area contributed by atoms with Gasteiger partial charge < -0.3 is 5.32 Å². The van der Waals surface area contributed by atoms with Gasteiger partial charge in [0.05, 0.1) is 6.04 Å². The molecule has 1 amide bonds. The van der Waals surface area contributed by atoms with Crippen LogP contribution in [0.15, 0.2) is 0 Å². The van der Waals surface area contributed by atoms with E-state index in [0.29, 0.717) is 0 Å². The summed E-state index contributed by atoms with van der Waals surface area (Å²) in [4.78, 5) is 11.9. The number of carbonyl (C=O) groups is 1. The highest BCUT2D eigenvalue weighted by molar-refractivity contribution is 5.79. The third kappa shape index (κ3) is 3.95. The second-order valence-electron chi connectivity index (χ2n) is 4.32. The van der Waals surface area contributed by atoms with E-state index in [9.17, 15) is 4.79 Å². The maximum atomic E-state index is 11.9. The van der Waals surface area contributed by atoms with E-state index in [1.807, 2.05) is 6.92 Å². The summed E-state index contributed by atoms with van der Waals surface area (Å²) in [7, 11) is 0. The zero-order chi connectivity index (χ0) is 11.1. The van der Waals surface area contributed by atoms with Crippen LogP contribution in [0.5, 0.6) is 0 Å². The quantitative estimate of drug-likeness (QED) is 0.559. The monoisotopic (exact) mass is 207 g/mol. The van der Waals surface area contributed by atoms with E-state index in [1.165, 1.54) is 25.7 Å². The summed E-state index contributed by atoms with van der Waals surface area (Å²) in [6, 6.07) is -0.0826. The molecule has 1 fully saturated rings. The largest absolute Gasteiger partial charge is 0.342 e. The predicted molar refractivity (Wildman–Crippen MR) is 62.2 cm³/mol. The van der Waals surface area contributed by atoms with Crippen molar-refractivity contribution in [3.63, 3.8) is 0 Å². The number of rotatable bonds is 3. The van der Waals surface area contributed by atoms with Crippen LogP contribution in [0.3, 0.4) is 0 Å². The van der Waals surface area contributed by atoms with Crippen molar-refractivity contribution >= 4 is 5.91 Å². The smallest absolute Gasteiger partial charge is 0.224 e. The summed E-state index contributed by atoms with van der Waals surface area (Å²) in [6.45, 7) is 2.00. The van der Waals surface area contributed by atoms with Gasteiger partial charge >= 0.3 is 0 Å². The number of carbonyl (C=O) groups excluding carboxylic acids is 1. The van der Waals surface area contributed by atoms with E-state index in [1.54, 1.807) is 0 Å². The SMILES string of the molecule is C#CC(CC)NC(=O)C1CCCCCC1. The van der Waals surface area contributed by atoms with Crippen LogP contribution in [0.2, 0.25) is 0 Å². The van der Waals surface area contributed by atoms with Crippen LogP contribution in [0.25, 0.3) is 0 Å². The fourth-order valence-electron chi connectivity index (χ4n) is 2.09. The topological polar surface area (TPSA) is 29.1 Å². The summed E-state index contributed by atoms with van der Waals surface area (Å²) in [5.41, 5.74) is 0. The summed E-state index contributed by atoms with van der Waals surface area (Å²) in [6.07, 6.45) is 13.1. The van der Waals surface area contributed by atoms with Crippen LogP contribution in [0, 0.1) is 18.3 Å². The Morgan fingerprint density at radius 2 is 2.00 bits per heavy atom. The molecular weight excluding hydrogens is 186 g/mol. The van der Waals surface area contributed by atoms with E-state index in [2.05, 4.69) is 11.2 Å². The van der Waals surface area contributed by atoms with Gasteiger partial charge in [-0.2, -0.15) is 0 Å². The Kier molecular flexibility index (Phi) is 5.25. The Bertz CT molecular complexity index is 233. The lowest BCUT2D eigenvalue weighted by molar-refractivity contribution is -0.125. The summed E-state index contributed by atoms with van der Waals surface area (Å²) in [5, 5.41) is 2.94. The van der Waals surface area contributed by atoms with Gasteiger partial charge in [-0.3, -0.25) is 4.79 Å². The van der Waals surface area contributed by atoms with Gasteiger partial charge in [0, 0.05) is 5.92 Å². The Morgan fingerprint density at radius 1 is 1.40 bits per heavy atom.